The van der Waals surface area contributed by atoms with Crippen LogP contribution in [0.15, 0.2) is 24.5 Å². The van der Waals surface area contributed by atoms with Gasteiger partial charge in [0.25, 0.3) is 5.91 Å². The van der Waals surface area contributed by atoms with Crippen molar-refractivity contribution in [2.45, 2.75) is 25.8 Å². The monoisotopic (exact) mass is 248 g/mol. The summed E-state index contributed by atoms with van der Waals surface area (Å²) in [6.07, 6.45) is 4.75. The van der Waals surface area contributed by atoms with Gasteiger partial charge in [-0.1, -0.05) is 6.92 Å². The maximum atomic E-state index is 12.3. The van der Waals surface area contributed by atoms with Crippen molar-refractivity contribution in [3.05, 3.63) is 30.1 Å². The van der Waals surface area contributed by atoms with Gasteiger partial charge in [-0.05, 0) is 30.9 Å². The highest BCUT2D eigenvalue weighted by molar-refractivity contribution is 5.96. The minimum Gasteiger partial charge on any atom is -0.480 e. The number of hydrogen-bond donors (Lipinski definition) is 1. The van der Waals surface area contributed by atoms with Gasteiger partial charge in [0, 0.05) is 18.9 Å². The fraction of sp³-hybridized carbons (Fsp3) is 0.462. The van der Waals surface area contributed by atoms with Crippen LogP contribution in [0.1, 0.15) is 30.1 Å². The zero-order chi connectivity index (χ0) is 13.1. The molecule has 0 spiro atoms. The molecule has 1 aliphatic heterocycles. The number of carbonyl (C=O) groups excluding carboxylic acids is 1. The Morgan fingerprint density at radius 3 is 2.89 bits per heavy atom. The number of pyridine rings is 1. The molecule has 2 unspecified atom stereocenters. The minimum atomic E-state index is -0.931. The number of rotatable bonds is 2. The van der Waals surface area contributed by atoms with Crippen molar-refractivity contribution >= 4 is 11.9 Å². The van der Waals surface area contributed by atoms with Crippen LogP contribution in [0.5, 0.6) is 0 Å². The molecular formula is C13H16N2O3. The lowest BCUT2D eigenvalue weighted by Crippen LogP contribution is -2.51. The predicted molar refractivity (Wildman–Crippen MR) is 65.1 cm³/mol. The smallest absolute Gasteiger partial charge is 0.326 e. The Morgan fingerprint density at radius 2 is 2.28 bits per heavy atom. The molecule has 2 atom stereocenters. The maximum Gasteiger partial charge on any atom is 0.326 e. The van der Waals surface area contributed by atoms with E-state index >= 15 is 0 Å². The van der Waals surface area contributed by atoms with Gasteiger partial charge >= 0.3 is 5.97 Å². The summed E-state index contributed by atoms with van der Waals surface area (Å²) in [7, 11) is 0. The third kappa shape index (κ3) is 2.34. The Kier molecular flexibility index (Phi) is 3.60. The zero-order valence-electron chi connectivity index (χ0n) is 10.2. The maximum absolute atomic E-state index is 12.3. The number of aliphatic carboxylic acids is 1. The van der Waals surface area contributed by atoms with Crippen LogP contribution in [0.2, 0.25) is 0 Å². The van der Waals surface area contributed by atoms with E-state index < -0.39 is 12.0 Å². The van der Waals surface area contributed by atoms with Crippen LogP contribution in [0.4, 0.5) is 0 Å². The lowest BCUT2D eigenvalue weighted by Gasteiger charge is -2.37. The molecule has 1 aromatic heterocycles. The van der Waals surface area contributed by atoms with E-state index in [9.17, 15) is 14.7 Å². The molecule has 1 aliphatic rings. The highest BCUT2D eigenvalue weighted by atomic mass is 16.4. The van der Waals surface area contributed by atoms with Crippen LogP contribution in [-0.4, -0.2) is 39.5 Å². The first-order valence-electron chi connectivity index (χ1n) is 6.05. The van der Waals surface area contributed by atoms with Crippen LogP contribution in [0.3, 0.4) is 0 Å². The number of carboxylic acids is 1. The molecule has 0 bridgehead atoms. The number of likely N-dealkylation sites (tertiary alicyclic amines) is 1. The van der Waals surface area contributed by atoms with E-state index in [1.54, 1.807) is 18.3 Å². The predicted octanol–water partition coefficient (Wildman–Crippen LogP) is 1.41. The number of aromatic nitrogens is 1. The third-order valence-corrected chi connectivity index (χ3v) is 3.36. The summed E-state index contributed by atoms with van der Waals surface area (Å²) in [4.78, 5) is 28.9. The standard InChI is InChI=1S/C13H16N2O3/c1-9-4-3-7-15(11(9)13(17)18)12(16)10-5-2-6-14-8-10/h2,5-6,8-9,11H,3-4,7H2,1H3,(H,17,18). The summed E-state index contributed by atoms with van der Waals surface area (Å²) in [6, 6.07) is 2.61. The first-order valence-corrected chi connectivity index (χ1v) is 6.05. The van der Waals surface area contributed by atoms with Crippen molar-refractivity contribution in [1.82, 2.24) is 9.88 Å². The van der Waals surface area contributed by atoms with Gasteiger partial charge in [-0.3, -0.25) is 9.78 Å². The average Bonchev–Trinajstić information content (AvgIpc) is 2.38. The molecule has 18 heavy (non-hydrogen) atoms. The highest BCUT2D eigenvalue weighted by Crippen LogP contribution is 2.25. The number of amides is 1. The first-order chi connectivity index (χ1) is 8.61. The van der Waals surface area contributed by atoms with Gasteiger partial charge in [0.1, 0.15) is 6.04 Å². The van der Waals surface area contributed by atoms with Crippen LogP contribution in [0.25, 0.3) is 0 Å². The summed E-state index contributed by atoms with van der Waals surface area (Å²) >= 11 is 0. The molecule has 1 saturated heterocycles. The average molecular weight is 248 g/mol. The van der Waals surface area contributed by atoms with Crippen molar-refractivity contribution in [2.75, 3.05) is 6.54 Å². The number of piperidine rings is 1. The lowest BCUT2D eigenvalue weighted by atomic mass is 9.90. The second-order valence-corrected chi connectivity index (χ2v) is 4.64. The number of carboxylic acid groups (broad SMARTS) is 1. The van der Waals surface area contributed by atoms with Gasteiger partial charge in [0.05, 0.1) is 5.56 Å². The molecule has 2 heterocycles. The summed E-state index contributed by atoms with van der Waals surface area (Å²) in [6.45, 7) is 2.37. The van der Waals surface area contributed by atoms with E-state index in [4.69, 9.17) is 0 Å². The van der Waals surface area contributed by atoms with Crippen LogP contribution < -0.4 is 0 Å². The quantitative estimate of drug-likeness (QED) is 0.859. The normalized spacial score (nSPS) is 23.7. The molecule has 0 saturated carbocycles. The van der Waals surface area contributed by atoms with E-state index in [1.165, 1.54) is 11.1 Å². The summed E-state index contributed by atoms with van der Waals surface area (Å²) < 4.78 is 0. The fourth-order valence-corrected chi connectivity index (χ4v) is 2.45. The Bertz CT molecular complexity index is 447. The molecule has 5 nitrogen and oxygen atoms in total. The highest BCUT2D eigenvalue weighted by Gasteiger charge is 2.37. The molecule has 2 rings (SSSR count). The van der Waals surface area contributed by atoms with E-state index in [-0.39, 0.29) is 11.8 Å². The van der Waals surface area contributed by atoms with E-state index in [0.29, 0.717) is 12.1 Å². The van der Waals surface area contributed by atoms with Gasteiger partial charge in [-0.2, -0.15) is 0 Å². The fourth-order valence-electron chi connectivity index (χ4n) is 2.45. The van der Waals surface area contributed by atoms with Gasteiger partial charge < -0.3 is 10.0 Å². The Labute approximate surface area is 105 Å². The minimum absolute atomic E-state index is 0.0168. The summed E-state index contributed by atoms with van der Waals surface area (Å²) in [5.41, 5.74) is 0.442. The largest absolute Gasteiger partial charge is 0.480 e. The molecule has 1 aromatic rings. The van der Waals surface area contributed by atoms with Crippen molar-refractivity contribution in [2.24, 2.45) is 5.92 Å². The molecule has 0 aromatic carbocycles. The van der Waals surface area contributed by atoms with Gasteiger partial charge in [-0.25, -0.2) is 4.79 Å². The SMILES string of the molecule is CC1CCCN(C(=O)c2cccnc2)C1C(=O)O. The Hall–Kier alpha value is -1.91. The second kappa shape index (κ2) is 5.16. The van der Waals surface area contributed by atoms with E-state index in [2.05, 4.69) is 4.98 Å². The number of carbonyl (C=O) groups is 2. The van der Waals surface area contributed by atoms with Crippen molar-refractivity contribution in [3.63, 3.8) is 0 Å². The van der Waals surface area contributed by atoms with Crippen LogP contribution in [-0.2, 0) is 4.79 Å². The summed E-state index contributed by atoms with van der Waals surface area (Å²) in [5.74, 6) is -1.20. The van der Waals surface area contributed by atoms with Crippen molar-refractivity contribution in [1.29, 1.82) is 0 Å². The van der Waals surface area contributed by atoms with E-state index in [0.717, 1.165) is 12.8 Å². The zero-order valence-corrected chi connectivity index (χ0v) is 10.2. The Morgan fingerprint density at radius 1 is 1.50 bits per heavy atom. The molecular weight excluding hydrogens is 232 g/mol. The number of hydrogen-bond acceptors (Lipinski definition) is 3. The summed E-state index contributed by atoms with van der Waals surface area (Å²) in [5, 5.41) is 9.27. The molecule has 1 N–H and O–H groups in total. The topological polar surface area (TPSA) is 70.5 Å². The Balaban J connectivity index is 2.25. The van der Waals surface area contributed by atoms with Gasteiger partial charge in [0.2, 0.25) is 0 Å². The van der Waals surface area contributed by atoms with Crippen molar-refractivity contribution in [3.8, 4) is 0 Å². The molecule has 96 valence electrons. The first kappa shape index (κ1) is 12.5. The second-order valence-electron chi connectivity index (χ2n) is 4.64. The molecule has 0 radical (unpaired) electrons. The van der Waals surface area contributed by atoms with E-state index in [1.807, 2.05) is 6.92 Å². The third-order valence-electron chi connectivity index (χ3n) is 3.36. The molecule has 0 aliphatic carbocycles. The molecule has 5 heteroatoms. The molecule has 1 amide bonds. The van der Waals surface area contributed by atoms with Gasteiger partial charge in [-0.15, -0.1) is 0 Å². The van der Waals surface area contributed by atoms with Gasteiger partial charge in [0.15, 0.2) is 0 Å². The van der Waals surface area contributed by atoms with Crippen molar-refractivity contribution < 1.29 is 14.7 Å². The van der Waals surface area contributed by atoms with Crippen LogP contribution in [0, 0.1) is 5.92 Å². The lowest BCUT2D eigenvalue weighted by molar-refractivity contribution is -0.145. The number of nitrogens with zero attached hydrogens (tertiary/aromatic N) is 2. The molecule has 1 fully saturated rings. The van der Waals surface area contributed by atoms with Crippen LogP contribution >= 0.6 is 0 Å².